The molecule has 1 saturated heterocycles. The number of piperazine rings is 1. The monoisotopic (exact) mass is 325 g/mol. The molecular formula is C18H23N5O. The summed E-state index contributed by atoms with van der Waals surface area (Å²) in [5, 5.41) is 0.946. The van der Waals surface area contributed by atoms with Gasteiger partial charge >= 0.3 is 6.03 Å². The zero-order chi connectivity index (χ0) is 16.9. The summed E-state index contributed by atoms with van der Waals surface area (Å²) >= 11 is 0. The van der Waals surface area contributed by atoms with Crippen LogP contribution in [0.4, 0.5) is 16.2 Å². The molecule has 2 aromatic rings. The summed E-state index contributed by atoms with van der Waals surface area (Å²) in [7, 11) is 0. The molecule has 0 bridgehead atoms. The van der Waals surface area contributed by atoms with Gasteiger partial charge in [0.1, 0.15) is 0 Å². The van der Waals surface area contributed by atoms with Gasteiger partial charge in [0.15, 0.2) is 0 Å². The van der Waals surface area contributed by atoms with Gasteiger partial charge in [-0.25, -0.2) is 15.6 Å². The zero-order valence-corrected chi connectivity index (χ0v) is 13.6. The number of benzene rings is 2. The Kier molecular flexibility index (Phi) is 4.98. The van der Waals surface area contributed by atoms with E-state index in [2.05, 4.69) is 34.1 Å². The number of urea groups is 1. The molecule has 1 fully saturated rings. The number of carbonyl (C=O) groups is 1. The number of nitrogens with two attached hydrogens (primary N) is 2. The highest BCUT2D eigenvalue weighted by molar-refractivity contribution is 5.89. The topological polar surface area (TPSA) is 78.8 Å². The van der Waals surface area contributed by atoms with Crippen molar-refractivity contribution in [3.63, 3.8) is 0 Å². The lowest BCUT2D eigenvalue weighted by molar-refractivity contribution is 0.250. The van der Waals surface area contributed by atoms with E-state index in [4.69, 9.17) is 11.6 Å². The number of amides is 2. The molecule has 126 valence electrons. The van der Waals surface area contributed by atoms with Crippen molar-refractivity contribution in [2.45, 2.75) is 6.54 Å². The Labute approximate surface area is 142 Å². The third-order valence-electron chi connectivity index (χ3n) is 4.35. The first kappa shape index (κ1) is 16.3. The lowest BCUT2D eigenvalue weighted by Crippen LogP contribution is -2.46. The van der Waals surface area contributed by atoms with E-state index >= 15 is 0 Å². The Morgan fingerprint density at radius 1 is 0.958 bits per heavy atom. The van der Waals surface area contributed by atoms with Crippen LogP contribution < -0.4 is 21.5 Å². The zero-order valence-electron chi connectivity index (χ0n) is 13.6. The molecule has 6 heteroatoms. The van der Waals surface area contributed by atoms with E-state index in [-0.39, 0.29) is 0 Å². The van der Waals surface area contributed by atoms with Crippen molar-refractivity contribution in [3.05, 3.63) is 60.2 Å². The predicted molar refractivity (Wildman–Crippen MR) is 96.6 cm³/mol. The Bertz CT molecular complexity index is 666. The van der Waals surface area contributed by atoms with Crippen LogP contribution in [-0.4, -0.2) is 37.1 Å². The minimum Gasteiger partial charge on any atom is -0.369 e. The molecule has 0 aliphatic carbocycles. The van der Waals surface area contributed by atoms with E-state index in [0.29, 0.717) is 5.69 Å². The van der Waals surface area contributed by atoms with E-state index < -0.39 is 6.03 Å². The van der Waals surface area contributed by atoms with Gasteiger partial charge < -0.3 is 10.6 Å². The molecule has 24 heavy (non-hydrogen) atoms. The lowest BCUT2D eigenvalue weighted by atomic mass is 10.2. The van der Waals surface area contributed by atoms with Crippen molar-refractivity contribution in [3.8, 4) is 0 Å². The van der Waals surface area contributed by atoms with Crippen LogP contribution >= 0.6 is 0 Å². The average Bonchev–Trinajstić information content (AvgIpc) is 2.63. The van der Waals surface area contributed by atoms with Gasteiger partial charge in [0.25, 0.3) is 0 Å². The van der Waals surface area contributed by atoms with Gasteiger partial charge in [0.05, 0.1) is 5.69 Å². The highest BCUT2D eigenvalue weighted by Crippen LogP contribution is 2.21. The van der Waals surface area contributed by atoms with Crippen LogP contribution in [0.1, 0.15) is 5.56 Å². The summed E-state index contributed by atoms with van der Waals surface area (Å²) in [5.41, 5.74) is 8.25. The highest BCUT2D eigenvalue weighted by atomic mass is 16.2. The molecule has 0 unspecified atom stereocenters. The molecule has 1 aliphatic rings. The minimum atomic E-state index is -0.669. The maximum atomic E-state index is 11.1. The highest BCUT2D eigenvalue weighted by Gasteiger charge is 2.17. The molecule has 1 heterocycles. The van der Waals surface area contributed by atoms with Gasteiger partial charge in [-0.2, -0.15) is 0 Å². The molecule has 1 aliphatic heterocycles. The molecule has 4 N–H and O–H groups in total. The van der Waals surface area contributed by atoms with Crippen molar-refractivity contribution < 1.29 is 4.79 Å². The Balaban J connectivity index is 1.55. The summed E-state index contributed by atoms with van der Waals surface area (Å²) in [5.74, 6) is 5.60. The summed E-state index contributed by atoms with van der Waals surface area (Å²) < 4.78 is 0. The number of hydrogen-bond donors (Lipinski definition) is 2. The molecule has 2 amide bonds. The summed E-state index contributed by atoms with van der Waals surface area (Å²) in [6.07, 6.45) is 0. The number of rotatable bonds is 4. The lowest BCUT2D eigenvalue weighted by Gasteiger charge is -2.36. The Hall–Kier alpha value is -2.57. The second kappa shape index (κ2) is 7.33. The molecule has 0 aromatic heterocycles. The smallest absolute Gasteiger partial charge is 0.333 e. The SMILES string of the molecule is NC(=O)N(N)c1ccc(N2CCN(Cc3ccccc3)CC2)cc1. The van der Waals surface area contributed by atoms with Crippen LogP contribution in [-0.2, 0) is 6.54 Å². The maximum absolute atomic E-state index is 11.1. The second-order valence-corrected chi connectivity index (χ2v) is 5.97. The van der Waals surface area contributed by atoms with Crippen LogP contribution in [0.25, 0.3) is 0 Å². The quantitative estimate of drug-likeness (QED) is 0.510. The molecule has 0 saturated carbocycles. The van der Waals surface area contributed by atoms with Crippen LogP contribution in [0.2, 0.25) is 0 Å². The van der Waals surface area contributed by atoms with Gasteiger partial charge in [-0.15, -0.1) is 0 Å². The molecule has 0 atom stereocenters. The van der Waals surface area contributed by atoms with Crippen molar-refractivity contribution in [2.75, 3.05) is 36.1 Å². The van der Waals surface area contributed by atoms with Crippen LogP contribution in [0.5, 0.6) is 0 Å². The Morgan fingerprint density at radius 2 is 1.58 bits per heavy atom. The van der Waals surface area contributed by atoms with Crippen molar-refractivity contribution in [1.29, 1.82) is 0 Å². The standard InChI is InChI=1S/C18H23N5O/c19-18(24)23(20)17-8-6-16(7-9-17)22-12-10-21(11-13-22)14-15-4-2-1-3-5-15/h1-9H,10-14,20H2,(H2,19,24). The maximum Gasteiger partial charge on any atom is 0.333 e. The number of carbonyl (C=O) groups excluding carboxylic acids is 1. The van der Waals surface area contributed by atoms with Gasteiger partial charge in [0.2, 0.25) is 0 Å². The molecule has 2 aromatic carbocycles. The van der Waals surface area contributed by atoms with Crippen molar-refractivity contribution in [1.82, 2.24) is 4.90 Å². The van der Waals surface area contributed by atoms with Crippen molar-refractivity contribution in [2.24, 2.45) is 11.6 Å². The third-order valence-corrected chi connectivity index (χ3v) is 4.35. The Morgan fingerprint density at radius 3 is 2.17 bits per heavy atom. The first-order valence-electron chi connectivity index (χ1n) is 8.09. The predicted octanol–water partition coefficient (Wildman–Crippen LogP) is 1.77. The largest absolute Gasteiger partial charge is 0.369 e. The number of primary amides is 1. The fraction of sp³-hybridized carbons (Fsp3) is 0.278. The molecule has 0 spiro atoms. The average molecular weight is 325 g/mol. The minimum absolute atomic E-state index is 0.592. The molecule has 6 nitrogen and oxygen atoms in total. The van der Waals surface area contributed by atoms with Gasteiger partial charge in [-0.3, -0.25) is 4.90 Å². The van der Waals surface area contributed by atoms with E-state index in [0.717, 1.165) is 43.4 Å². The number of anilines is 2. The van der Waals surface area contributed by atoms with Gasteiger partial charge in [-0.1, -0.05) is 30.3 Å². The number of nitrogens with zero attached hydrogens (tertiary/aromatic N) is 3. The van der Waals surface area contributed by atoms with Crippen molar-refractivity contribution >= 4 is 17.4 Å². The van der Waals surface area contributed by atoms with E-state index in [1.54, 1.807) is 0 Å². The molecule has 0 radical (unpaired) electrons. The summed E-state index contributed by atoms with van der Waals surface area (Å²) in [6.45, 7) is 5.01. The fourth-order valence-electron chi connectivity index (χ4n) is 2.96. The normalized spacial score (nSPS) is 15.3. The van der Waals surface area contributed by atoms with E-state index in [9.17, 15) is 4.79 Å². The van der Waals surface area contributed by atoms with Crippen LogP contribution in [0, 0.1) is 0 Å². The molecule has 3 rings (SSSR count). The molecular weight excluding hydrogens is 302 g/mol. The van der Waals surface area contributed by atoms with E-state index in [1.807, 2.05) is 30.3 Å². The first-order valence-corrected chi connectivity index (χ1v) is 8.09. The van der Waals surface area contributed by atoms with Gasteiger partial charge in [0, 0.05) is 38.4 Å². The first-order chi connectivity index (χ1) is 11.6. The van der Waals surface area contributed by atoms with Gasteiger partial charge in [-0.05, 0) is 29.8 Å². The summed E-state index contributed by atoms with van der Waals surface area (Å²) in [4.78, 5) is 15.9. The fourth-order valence-corrected chi connectivity index (χ4v) is 2.96. The summed E-state index contributed by atoms with van der Waals surface area (Å²) in [6, 6.07) is 17.5. The van der Waals surface area contributed by atoms with Crippen LogP contribution in [0.15, 0.2) is 54.6 Å². The number of hydrazine groups is 1. The van der Waals surface area contributed by atoms with E-state index in [1.165, 1.54) is 5.56 Å². The second-order valence-electron chi connectivity index (χ2n) is 5.97. The third kappa shape index (κ3) is 3.84. The number of hydrogen-bond acceptors (Lipinski definition) is 4. The van der Waals surface area contributed by atoms with Crippen LogP contribution in [0.3, 0.4) is 0 Å².